The molecule has 0 aliphatic carbocycles. The average Bonchev–Trinajstić information content (AvgIpc) is 3.03. The molecule has 46 heavy (non-hydrogen) atoms. The van der Waals surface area contributed by atoms with Crippen LogP contribution in [-0.2, 0) is 32.6 Å². The van der Waals surface area contributed by atoms with E-state index >= 15 is 0 Å². The Kier molecular flexibility index (Phi) is 11.9. The molecule has 242 valence electrons. The normalized spacial score (nSPS) is 12.7. The van der Waals surface area contributed by atoms with Gasteiger partial charge in [0.15, 0.2) is 0 Å². The second-order valence-electron chi connectivity index (χ2n) is 11.4. The first-order valence-corrected chi connectivity index (χ1v) is 17.3. The Labute approximate surface area is 282 Å². The van der Waals surface area contributed by atoms with Crippen molar-refractivity contribution in [2.45, 2.75) is 64.1 Å². The molecule has 7 nitrogen and oxygen atoms in total. The molecule has 0 aliphatic heterocycles. The number of nitrogens with one attached hydrogen (secondary N) is 1. The van der Waals surface area contributed by atoms with E-state index in [4.69, 9.17) is 23.2 Å². The van der Waals surface area contributed by atoms with Crippen molar-refractivity contribution < 1.29 is 18.0 Å². The molecule has 2 atom stereocenters. The van der Waals surface area contributed by atoms with Crippen LogP contribution in [0.1, 0.15) is 42.5 Å². The van der Waals surface area contributed by atoms with Gasteiger partial charge in [-0.3, -0.25) is 13.9 Å². The van der Waals surface area contributed by atoms with Crippen molar-refractivity contribution in [1.29, 1.82) is 0 Å². The lowest BCUT2D eigenvalue weighted by Gasteiger charge is -2.34. The number of rotatable bonds is 13. The van der Waals surface area contributed by atoms with E-state index in [9.17, 15) is 18.0 Å². The number of sulfonamides is 1. The Morgan fingerprint density at radius 3 is 2.13 bits per heavy atom. The van der Waals surface area contributed by atoms with E-state index < -0.39 is 28.5 Å². The third-order valence-corrected chi connectivity index (χ3v) is 10.4. The smallest absolute Gasteiger partial charge is 0.264 e. The number of carbonyl (C=O) groups is 2. The lowest BCUT2D eigenvalue weighted by Crippen LogP contribution is -2.54. The Hall–Kier alpha value is -3.85. The fourth-order valence-electron chi connectivity index (χ4n) is 5.04. The zero-order chi connectivity index (χ0) is 33.4. The Morgan fingerprint density at radius 2 is 1.48 bits per heavy atom. The second kappa shape index (κ2) is 15.6. The molecule has 0 heterocycles. The maximum absolute atomic E-state index is 14.6. The van der Waals surface area contributed by atoms with E-state index in [2.05, 4.69) is 5.32 Å². The van der Waals surface area contributed by atoms with E-state index in [1.807, 2.05) is 82.3 Å². The number of aryl methyl sites for hydroxylation is 2. The summed E-state index contributed by atoms with van der Waals surface area (Å²) in [5, 5.41) is 3.18. The van der Waals surface area contributed by atoms with Gasteiger partial charge in [0.05, 0.1) is 20.6 Å². The Bertz CT molecular complexity index is 1770. The first kappa shape index (κ1) is 35.0. The van der Waals surface area contributed by atoms with E-state index in [1.54, 1.807) is 24.3 Å². The highest BCUT2D eigenvalue weighted by molar-refractivity contribution is 7.92. The maximum Gasteiger partial charge on any atom is 0.264 e. The molecule has 2 amide bonds. The molecule has 4 rings (SSSR count). The molecular formula is C36H39Cl2N3O4S. The zero-order valence-electron chi connectivity index (χ0n) is 26.4. The molecule has 0 aromatic heterocycles. The Morgan fingerprint density at radius 1 is 0.826 bits per heavy atom. The highest BCUT2D eigenvalue weighted by atomic mass is 35.5. The van der Waals surface area contributed by atoms with Crippen molar-refractivity contribution in [1.82, 2.24) is 10.2 Å². The topological polar surface area (TPSA) is 86.8 Å². The van der Waals surface area contributed by atoms with Gasteiger partial charge >= 0.3 is 0 Å². The van der Waals surface area contributed by atoms with Crippen molar-refractivity contribution in [3.63, 3.8) is 0 Å². The summed E-state index contributed by atoms with van der Waals surface area (Å²) in [5.41, 5.74) is 3.58. The van der Waals surface area contributed by atoms with Gasteiger partial charge in [0, 0.05) is 19.0 Å². The number of hydrogen-bond donors (Lipinski definition) is 1. The van der Waals surface area contributed by atoms with Crippen LogP contribution in [0.3, 0.4) is 0 Å². The first-order valence-electron chi connectivity index (χ1n) is 15.1. The summed E-state index contributed by atoms with van der Waals surface area (Å²) >= 11 is 12.9. The molecule has 1 N–H and O–H groups in total. The van der Waals surface area contributed by atoms with E-state index in [-0.39, 0.29) is 45.5 Å². The van der Waals surface area contributed by atoms with Crippen molar-refractivity contribution in [2.24, 2.45) is 0 Å². The zero-order valence-corrected chi connectivity index (χ0v) is 28.7. The molecule has 0 saturated heterocycles. The van der Waals surface area contributed by atoms with Crippen LogP contribution in [0.4, 0.5) is 5.69 Å². The minimum absolute atomic E-state index is 0.00626. The van der Waals surface area contributed by atoms with Crippen LogP contribution in [-0.4, -0.2) is 43.8 Å². The molecule has 0 spiro atoms. The molecular weight excluding hydrogens is 641 g/mol. The van der Waals surface area contributed by atoms with Gasteiger partial charge in [-0.1, -0.05) is 114 Å². The van der Waals surface area contributed by atoms with Crippen LogP contribution >= 0.6 is 23.2 Å². The number of benzene rings is 4. The third kappa shape index (κ3) is 8.69. The highest BCUT2D eigenvalue weighted by Crippen LogP contribution is 2.35. The van der Waals surface area contributed by atoms with Gasteiger partial charge in [0.25, 0.3) is 10.0 Å². The average molecular weight is 681 g/mol. The minimum atomic E-state index is -4.30. The van der Waals surface area contributed by atoms with Crippen LogP contribution in [0.25, 0.3) is 0 Å². The highest BCUT2D eigenvalue weighted by Gasteiger charge is 2.35. The summed E-state index contributed by atoms with van der Waals surface area (Å²) in [4.78, 5) is 30.0. The molecule has 0 fully saturated rings. The predicted octanol–water partition coefficient (Wildman–Crippen LogP) is 7.36. The Balaban J connectivity index is 1.84. The number of nitrogens with zero attached hydrogens (tertiary/aromatic N) is 2. The number of amides is 2. The minimum Gasteiger partial charge on any atom is -0.352 e. The lowest BCUT2D eigenvalue weighted by molar-refractivity contribution is -0.140. The van der Waals surface area contributed by atoms with Gasteiger partial charge < -0.3 is 10.2 Å². The van der Waals surface area contributed by atoms with Crippen molar-refractivity contribution >= 4 is 50.7 Å². The van der Waals surface area contributed by atoms with Crippen molar-refractivity contribution in [3.8, 4) is 0 Å². The van der Waals surface area contributed by atoms with E-state index in [0.29, 0.717) is 6.42 Å². The van der Waals surface area contributed by atoms with Gasteiger partial charge in [-0.2, -0.15) is 0 Å². The fourth-order valence-corrected chi connectivity index (χ4v) is 6.91. The number of halogens is 2. The van der Waals surface area contributed by atoms with Crippen LogP contribution < -0.4 is 9.62 Å². The van der Waals surface area contributed by atoms with E-state index in [1.165, 1.54) is 23.1 Å². The van der Waals surface area contributed by atoms with Gasteiger partial charge in [-0.25, -0.2) is 8.42 Å². The predicted molar refractivity (Wildman–Crippen MR) is 186 cm³/mol. The molecule has 4 aromatic carbocycles. The standard InChI is InChI=1S/C36H39Cl2N3O4S/c1-5-27(4)39-36(43)33(22-28-12-7-6-8-13-28)40(23-29-14-9-11-26(3)21-29)34(42)24-41(32-16-10-15-31(37)35(32)38)46(44,45)30-19-17-25(2)18-20-30/h6-21,27,33H,5,22-24H2,1-4H3,(H,39,43)/t27-,33-/m0/s1. The monoisotopic (exact) mass is 679 g/mol. The molecule has 0 saturated carbocycles. The fraction of sp³-hybridized carbons (Fsp3) is 0.278. The molecule has 0 bridgehead atoms. The molecule has 10 heteroatoms. The lowest BCUT2D eigenvalue weighted by atomic mass is 10.0. The van der Waals surface area contributed by atoms with Crippen LogP contribution in [0.2, 0.25) is 10.0 Å². The summed E-state index contributed by atoms with van der Waals surface area (Å²) in [6, 6.07) is 27.0. The number of carbonyl (C=O) groups excluding carboxylic acids is 2. The quantitative estimate of drug-likeness (QED) is 0.160. The van der Waals surface area contributed by atoms with Gasteiger partial charge in [-0.05, 0) is 62.6 Å². The van der Waals surface area contributed by atoms with Crippen LogP contribution in [0.15, 0.2) is 102 Å². The van der Waals surface area contributed by atoms with Gasteiger partial charge in [-0.15, -0.1) is 0 Å². The molecule has 0 radical (unpaired) electrons. The summed E-state index contributed by atoms with van der Waals surface area (Å²) in [6.07, 6.45) is 0.925. The van der Waals surface area contributed by atoms with Gasteiger partial charge in [0.2, 0.25) is 11.8 Å². The number of hydrogen-bond acceptors (Lipinski definition) is 4. The van der Waals surface area contributed by atoms with Crippen LogP contribution in [0, 0.1) is 13.8 Å². The third-order valence-electron chi connectivity index (χ3n) is 7.80. The molecule has 4 aromatic rings. The first-order chi connectivity index (χ1) is 21.9. The largest absolute Gasteiger partial charge is 0.352 e. The summed E-state index contributed by atoms with van der Waals surface area (Å²) < 4.78 is 29.4. The van der Waals surface area contributed by atoms with Crippen molar-refractivity contribution in [3.05, 3.63) is 129 Å². The summed E-state index contributed by atoms with van der Waals surface area (Å²) in [6.45, 7) is 7.13. The summed E-state index contributed by atoms with van der Waals surface area (Å²) in [7, 11) is -4.30. The molecule has 0 aliphatic rings. The SMILES string of the molecule is CC[C@H](C)NC(=O)[C@H](Cc1ccccc1)N(Cc1cccc(C)c1)C(=O)CN(c1cccc(Cl)c1Cl)S(=O)(=O)c1ccc(C)cc1. The van der Waals surface area contributed by atoms with E-state index in [0.717, 1.165) is 26.6 Å². The second-order valence-corrected chi connectivity index (χ2v) is 14.1. The van der Waals surface area contributed by atoms with Gasteiger partial charge in [0.1, 0.15) is 12.6 Å². The van der Waals surface area contributed by atoms with Crippen LogP contribution in [0.5, 0.6) is 0 Å². The summed E-state index contributed by atoms with van der Waals surface area (Å²) in [5.74, 6) is -0.901. The van der Waals surface area contributed by atoms with Crippen molar-refractivity contribution in [2.75, 3.05) is 10.8 Å². The molecule has 0 unspecified atom stereocenters. The maximum atomic E-state index is 14.6. The number of anilines is 1.